The van der Waals surface area contributed by atoms with Gasteiger partial charge in [-0.2, -0.15) is 4.73 Å². The summed E-state index contributed by atoms with van der Waals surface area (Å²) in [5.74, 6) is -1.58. The van der Waals surface area contributed by atoms with Crippen LogP contribution in [0.25, 0.3) is 0 Å². The van der Waals surface area contributed by atoms with Crippen molar-refractivity contribution in [2.75, 3.05) is 40.4 Å². The zero-order valence-corrected chi connectivity index (χ0v) is 30.3. The molecule has 0 aliphatic carbocycles. The van der Waals surface area contributed by atoms with Gasteiger partial charge in [0, 0.05) is 30.1 Å². The zero-order chi connectivity index (χ0) is 36.9. The highest BCUT2D eigenvalue weighted by atomic mass is 35.5. The van der Waals surface area contributed by atoms with Crippen LogP contribution in [0.3, 0.4) is 0 Å². The molecule has 3 saturated heterocycles. The van der Waals surface area contributed by atoms with Crippen LogP contribution in [0.5, 0.6) is 11.5 Å². The maximum Gasteiger partial charge on any atom is 0.335 e. The van der Waals surface area contributed by atoms with Gasteiger partial charge in [-0.05, 0) is 85.6 Å². The van der Waals surface area contributed by atoms with E-state index in [9.17, 15) is 19.9 Å². The normalized spacial score (nSPS) is 19.1. The molecule has 10 nitrogen and oxygen atoms in total. The number of carboxylic acids is 1. The Morgan fingerprint density at radius 3 is 2.35 bits per heavy atom. The summed E-state index contributed by atoms with van der Waals surface area (Å²) in [5, 5.41) is 25.9. The largest absolute Gasteiger partial charge is 0.619 e. The molecule has 0 radical (unpaired) electrons. The van der Waals surface area contributed by atoms with E-state index >= 15 is 4.39 Å². The predicted octanol–water partition coefficient (Wildman–Crippen LogP) is 6.37. The average molecular weight is 753 g/mol. The maximum atomic E-state index is 15.1. The number of piperidine rings is 3. The van der Waals surface area contributed by atoms with Gasteiger partial charge in [0.2, 0.25) is 0 Å². The van der Waals surface area contributed by atoms with E-state index in [0.717, 1.165) is 31.5 Å². The highest BCUT2D eigenvalue weighted by Gasteiger charge is 2.38. The molecule has 3 atom stereocenters. The van der Waals surface area contributed by atoms with Crippen LogP contribution >= 0.6 is 23.2 Å². The lowest BCUT2D eigenvalue weighted by atomic mass is 9.82. The maximum absolute atomic E-state index is 15.1. The van der Waals surface area contributed by atoms with E-state index in [-0.39, 0.29) is 40.2 Å². The van der Waals surface area contributed by atoms with Gasteiger partial charge in [-0.3, -0.25) is 4.90 Å². The van der Waals surface area contributed by atoms with Crippen LogP contribution in [0.15, 0.2) is 73.1 Å². The Kier molecular flexibility index (Phi) is 11.8. The number of esters is 1. The van der Waals surface area contributed by atoms with Crippen molar-refractivity contribution in [2.45, 2.75) is 43.7 Å². The summed E-state index contributed by atoms with van der Waals surface area (Å²) in [6, 6.07) is 15.5. The molecule has 0 saturated carbocycles. The number of hydrogen-bond donors (Lipinski definition) is 2. The lowest BCUT2D eigenvalue weighted by Crippen LogP contribution is -2.52. The standard InChI is InChI=1S/C39H40Cl2FN3O7/c1-50-34-10-8-25(18-35(34)51-2)28(19-30-31(40)20-45(49)21-32(30)41)29-17-23(7-9-26(29)38(46)47)11-14-43-37(27-5-3-4-6-33(27)42)39(48)52-36-22-44-15-12-24(36)13-16-44/h3-10,17-18,20-21,24,28,36-37,43H,11-16,19,22H2,1-2H3,(H,46,47)/t28-,36-,37?/m0/s1. The number of nitrogens with zero attached hydrogens (tertiary/aromatic N) is 2. The quantitative estimate of drug-likeness (QED) is 0.0860. The molecular weight excluding hydrogens is 712 g/mol. The van der Waals surface area contributed by atoms with Gasteiger partial charge in [0.05, 0.1) is 19.8 Å². The Morgan fingerprint density at radius 1 is 1.00 bits per heavy atom. The van der Waals surface area contributed by atoms with Crippen molar-refractivity contribution in [3.63, 3.8) is 0 Å². The number of nitrogens with one attached hydrogen (secondary N) is 1. The molecule has 1 unspecified atom stereocenters. The highest BCUT2D eigenvalue weighted by molar-refractivity contribution is 6.35. The number of rotatable bonds is 14. The third-order valence-corrected chi connectivity index (χ3v) is 10.7. The molecule has 0 spiro atoms. The van der Waals surface area contributed by atoms with Gasteiger partial charge in [0.15, 0.2) is 23.9 Å². The summed E-state index contributed by atoms with van der Waals surface area (Å²) >= 11 is 13.0. The van der Waals surface area contributed by atoms with Crippen molar-refractivity contribution in [3.8, 4) is 11.5 Å². The van der Waals surface area contributed by atoms with Crippen LogP contribution in [0.4, 0.5) is 4.39 Å². The summed E-state index contributed by atoms with van der Waals surface area (Å²) in [6.45, 7) is 2.92. The summed E-state index contributed by atoms with van der Waals surface area (Å²) in [4.78, 5) is 28.6. The number of halogens is 3. The molecule has 0 amide bonds. The van der Waals surface area contributed by atoms with Gasteiger partial charge in [0.1, 0.15) is 28.0 Å². The second-order valence-electron chi connectivity index (χ2n) is 13.2. The Balaban J connectivity index is 1.30. The summed E-state index contributed by atoms with van der Waals surface area (Å²) in [7, 11) is 3.03. The van der Waals surface area contributed by atoms with Crippen LogP contribution < -0.4 is 19.5 Å². The van der Waals surface area contributed by atoms with E-state index < -0.39 is 29.7 Å². The third-order valence-electron chi connectivity index (χ3n) is 10.1. The molecular formula is C39H40Cl2FN3O7. The fraction of sp³-hybridized carbons (Fsp3) is 0.359. The van der Waals surface area contributed by atoms with Crippen molar-refractivity contribution < 1.29 is 38.0 Å². The van der Waals surface area contributed by atoms with Crippen LogP contribution in [-0.2, 0) is 22.4 Å². The molecule has 1 aromatic heterocycles. The molecule has 3 aliphatic rings. The fourth-order valence-electron chi connectivity index (χ4n) is 7.31. The van der Waals surface area contributed by atoms with E-state index in [1.807, 2.05) is 6.07 Å². The van der Waals surface area contributed by atoms with E-state index in [0.29, 0.717) is 51.8 Å². The van der Waals surface area contributed by atoms with Gasteiger partial charge >= 0.3 is 11.9 Å². The first-order chi connectivity index (χ1) is 25.1. The van der Waals surface area contributed by atoms with Gasteiger partial charge in [0.25, 0.3) is 0 Å². The summed E-state index contributed by atoms with van der Waals surface area (Å²) in [5.41, 5.74) is 2.64. The predicted molar refractivity (Wildman–Crippen MR) is 194 cm³/mol. The number of hydrogen-bond acceptors (Lipinski definition) is 8. The molecule has 2 N–H and O–H groups in total. The number of carbonyl (C=O) groups excluding carboxylic acids is 1. The zero-order valence-electron chi connectivity index (χ0n) is 28.8. The van der Waals surface area contributed by atoms with Gasteiger partial charge < -0.3 is 29.8 Å². The van der Waals surface area contributed by atoms with Crippen LogP contribution in [0.2, 0.25) is 10.0 Å². The van der Waals surface area contributed by atoms with Gasteiger partial charge in [-0.1, -0.05) is 59.6 Å². The topological polar surface area (TPSA) is 124 Å². The first kappa shape index (κ1) is 37.3. The number of ether oxygens (including phenoxy) is 3. The van der Waals surface area contributed by atoms with Crippen molar-refractivity contribution in [1.29, 1.82) is 0 Å². The number of aromatic carboxylic acids is 1. The Morgan fingerprint density at radius 2 is 1.71 bits per heavy atom. The minimum absolute atomic E-state index is 0.0592. The van der Waals surface area contributed by atoms with E-state index in [4.69, 9.17) is 37.4 Å². The molecule has 274 valence electrons. The first-order valence-electron chi connectivity index (χ1n) is 17.1. The Hall–Kier alpha value is -4.42. The number of aromatic nitrogens is 1. The van der Waals surface area contributed by atoms with Gasteiger partial charge in [-0.25, -0.2) is 14.0 Å². The number of carboxylic acid groups (broad SMARTS) is 1. The second-order valence-corrected chi connectivity index (χ2v) is 14.0. The SMILES string of the molecule is COc1ccc([C@H](Cc2c(Cl)c[n+]([O-])cc2Cl)c2cc(CCNC(C(=O)O[C@H]3CN4CCC3CC4)c3ccccc3F)ccc2C(=O)O)cc1OC. The van der Waals surface area contributed by atoms with Crippen LogP contribution in [-0.4, -0.2) is 68.4 Å². The molecule has 52 heavy (non-hydrogen) atoms. The van der Waals surface area contributed by atoms with E-state index in [1.165, 1.54) is 38.7 Å². The molecule has 4 heterocycles. The minimum atomic E-state index is -1.14. The Bertz CT molecular complexity index is 1920. The molecule has 7 rings (SSSR count). The van der Waals surface area contributed by atoms with Crippen molar-refractivity contribution in [1.82, 2.24) is 10.2 Å². The van der Waals surface area contributed by atoms with Crippen LogP contribution in [0, 0.1) is 16.9 Å². The fourth-order valence-corrected chi connectivity index (χ4v) is 7.91. The Labute approximate surface area is 311 Å². The average Bonchev–Trinajstić information content (AvgIpc) is 3.13. The van der Waals surface area contributed by atoms with Crippen molar-refractivity contribution in [3.05, 3.63) is 128 Å². The molecule has 3 fully saturated rings. The lowest BCUT2D eigenvalue weighted by Gasteiger charge is -2.44. The number of methoxy groups -OCH3 is 2. The highest BCUT2D eigenvalue weighted by Crippen LogP contribution is 2.39. The van der Waals surface area contributed by atoms with E-state index in [1.54, 1.807) is 42.5 Å². The number of benzene rings is 3. The first-order valence-corrected chi connectivity index (χ1v) is 17.9. The molecule has 3 aromatic carbocycles. The lowest BCUT2D eigenvalue weighted by molar-refractivity contribution is -0.605. The monoisotopic (exact) mass is 751 g/mol. The van der Waals surface area contributed by atoms with Crippen LogP contribution in [0.1, 0.15) is 63.0 Å². The van der Waals surface area contributed by atoms with Crippen molar-refractivity contribution in [2.24, 2.45) is 5.92 Å². The molecule has 4 aromatic rings. The summed E-state index contributed by atoms with van der Waals surface area (Å²) < 4.78 is 32.6. The minimum Gasteiger partial charge on any atom is -0.619 e. The number of fused-ring (bicyclic) bond motifs is 3. The molecule has 3 aliphatic heterocycles. The summed E-state index contributed by atoms with van der Waals surface area (Å²) in [6.07, 6.45) is 4.61. The molecule has 2 bridgehead atoms. The van der Waals surface area contributed by atoms with Crippen molar-refractivity contribution >= 4 is 35.1 Å². The van der Waals surface area contributed by atoms with E-state index in [2.05, 4.69) is 10.2 Å². The second kappa shape index (κ2) is 16.5. The third kappa shape index (κ3) is 8.28. The number of pyridine rings is 1. The number of carbonyl (C=O) groups is 2. The molecule has 13 heteroatoms. The van der Waals surface area contributed by atoms with Gasteiger partial charge in [-0.15, -0.1) is 0 Å². The smallest absolute Gasteiger partial charge is 0.335 e.